The van der Waals surface area contributed by atoms with Crippen molar-refractivity contribution in [2.45, 2.75) is 19.4 Å². The molecule has 1 aliphatic heterocycles. The number of fused-ring (bicyclic) bond motifs is 2. The SMILES string of the molecule is CC(C(=O)NCCc1cn2cc(F)ccc2n1)N1C(=O)c2ccccc2C1=O. The number of hydrogen-bond donors (Lipinski definition) is 1. The van der Waals surface area contributed by atoms with Crippen LogP contribution in [0, 0.1) is 5.82 Å². The molecule has 1 aromatic carbocycles. The number of aromatic nitrogens is 2. The fraction of sp³-hybridized carbons (Fsp3) is 0.200. The first-order chi connectivity index (χ1) is 13.5. The van der Waals surface area contributed by atoms with Gasteiger partial charge in [0.05, 0.1) is 16.8 Å². The predicted molar refractivity (Wildman–Crippen MR) is 98.3 cm³/mol. The van der Waals surface area contributed by atoms with Crippen molar-refractivity contribution in [1.82, 2.24) is 19.6 Å². The summed E-state index contributed by atoms with van der Waals surface area (Å²) in [6.07, 6.45) is 3.46. The van der Waals surface area contributed by atoms with Crippen molar-refractivity contribution in [3.63, 3.8) is 0 Å². The van der Waals surface area contributed by atoms with Gasteiger partial charge in [0.2, 0.25) is 5.91 Å². The largest absolute Gasteiger partial charge is 0.354 e. The van der Waals surface area contributed by atoms with E-state index in [2.05, 4.69) is 10.3 Å². The lowest BCUT2D eigenvalue weighted by atomic mass is 10.1. The Labute approximate surface area is 159 Å². The molecular weight excluding hydrogens is 363 g/mol. The highest BCUT2D eigenvalue weighted by Gasteiger charge is 2.40. The Hall–Kier alpha value is -3.55. The van der Waals surface area contributed by atoms with Crippen molar-refractivity contribution in [2.24, 2.45) is 0 Å². The zero-order chi connectivity index (χ0) is 19.8. The number of amides is 3. The molecule has 1 unspecified atom stereocenters. The molecule has 3 aromatic rings. The molecule has 8 heteroatoms. The Bertz CT molecular complexity index is 1070. The van der Waals surface area contributed by atoms with Crippen molar-refractivity contribution in [3.05, 3.63) is 71.4 Å². The van der Waals surface area contributed by atoms with Crippen LogP contribution in [0.2, 0.25) is 0 Å². The van der Waals surface area contributed by atoms with Crippen LogP contribution < -0.4 is 5.32 Å². The number of benzene rings is 1. The van der Waals surface area contributed by atoms with Crippen LogP contribution in [-0.2, 0) is 11.2 Å². The molecule has 28 heavy (non-hydrogen) atoms. The van der Waals surface area contributed by atoms with Crippen molar-refractivity contribution in [3.8, 4) is 0 Å². The van der Waals surface area contributed by atoms with Crippen molar-refractivity contribution < 1.29 is 18.8 Å². The number of hydrogen-bond acceptors (Lipinski definition) is 4. The summed E-state index contributed by atoms with van der Waals surface area (Å²) in [6.45, 7) is 1.80. The minimum Gasteiger partial charge on any atom is -0.354 e. The van der Waals surface area contributed by atoms with Crippen molar-refractivity contribution in [2.75, 3.05) is 6.54 Å². The Morgan fingerprint density at radius 3 is 2.46 bits per heavy atom. The summed E-state index contributed by atoms with van der Waals surface area (Å²) in [4.78, 5) is 42.7. The Morgan fingerprint density at radius 2 is 1.79 bits per heavy atom. The summed E-state index contributed by atoms with van der Waals surface area (Å²) in [7, 11) is 0. The normalized spacial score (nSPS) is 14.4. The lowest BCUT2D eigenvalue weighted by Crippen LogP contribution is -2.48. The molecule has 2 aromatic heterocycles. The minimum atomic E-state index is -0.928. The number of halogens is 1. The minimum absolute atomic E-state index is 0.276. The Morgan fingerprint density at radius 1 is 1.11 bits per heavy atom. The summed E-state index contributed by atoms with van der Waals surface area (Å²) in [5, 5.41) is 2.72. The highest BCUT2D eigenvalue weighted by Crippen LogP contribution is 2.24. The second-order valence-corrected chi connectivity index (χ2v) is 6.59. The third kappa shape index (κ3) is 3.02. The van der Waals surface area contributed by atoms with Crippen LogP contribution in [0.1, 0.15) is 33.3 Å². The highest BCUT2D eigenvalue weighted by molar-refractivity contribution is 6.22. The van der Waals surface area contributed by atoms with Crippen LogP contribution in [0.15, 0.2) is 48.8 Å². The summed E-state index contributed by atoms with van der Waals surface area (Å²) in [5.41, 5.74) is 1.93. The van der Waals surface area contributed by atoms with Crippen molar-refractivity contribution in [1.29, 1.82) is 0 Å². The third-order valence-electron chi connectivity index (χ3n) is 4.74. The molecule has 3 amide bonds. The van der Waals surface area contributed by atoms with Gasteiger partial charge in [0.25, 0.3) is 11.8 Å². The highest BCUT2D eigenvalue weighted by atomic mass is 19.1. The summed E-state index contributed by atoms with van der Waals surface area (Å²) < 4.78 is 14.8. The summed E-state index contributed by atoms with van der Waals surface area (Å²) >= 11 is 0. The monoisotopic (exact) mass is 380 g/mol. The fourth-order valence-corrected chi connectivity index (χ4v) is 3.28. The number of imide groups is 1. The van der Waals surface area contributed by atoms with Gasteiger partial charge in [0, 0.05) is 25.4 Å². The molecule has 0 saturated heterocycles. The fourth-order valence-electron chi connectivity index (χ4n) is 3.28. The second-order valence-electron chi connectivity index (χ2n) is 6.59. The number of pyridine rings is 1. The standard InChI is InChI=1S/C20H17FN4O3/c1-12(25-19(27)15-4-2-3-5-16(15)20(25)28)18(26)22-9-8-14-11-24-10-13(21)6-7-17(24)23-14/h2-7,10-12H,8-9H2,1H3,(H,22,26). The number of rotatable bonds is 5. The first-order valence-corrected chi connectivity index (χ1v) is 8.83. The second kappa shape index (κ2) is 6.88. The third-order valence-corrected chi connectivity index (χ3v) is 4.74. The van der Waals surface area contributed by atoms with Gasteiger partial charge in [0.15, 0.2) is 0 Å². The number of nitrogens with one attached hydrogen (secondary N) is 1. The van der Waals surface area contributed by atoms with E-state index >= 15 is 0 Å². The van der Waals surface area contributed by atoms with Gasteiger partial charge in [-0.2, -0.15) is 0 Å². The van der Waals surface area contributed by atoms with Crippen LogP contribution >= 0.6 is 0 Å². The van der Waals surface area contributed by atoms with E-state index in [9.17, 15) is 18.8 Å². The van der Waals surface area contributed by atoms with Crippen LogP contribution in [0.5, 0.6) is 0 Å². The van der Waals surface area contributed by atoms with E-state index in [1.807, 2.05) is 0 Å². The van der Waals surface area contributed by atoms with Crippen LogP contribution in [-0.4, -0.2) is 44.6 Å². The maximum Gasteiger partial charge on any atom is 0.262 e. The molecule has 0 aliphatic carbocycles. The Balaban J connectivity index is 1.38. The van der Waals surface area contributed by atoms with Gasteiger partial charge < -0.3 is 9.72 Å². The van der Waals surface area contributed by atoms with Crippen LogP contribution in [0.4, 0.5) is 4.39 Å². The van der Waals surface area contributed by atoms with Crippen molar-refractivity contribution >= 4 is 23.4 Å². The number of imidazole rings is 1. The van der Waals surface area contributed by atoms with E-state index < -0.39 is 23.8 Å². The average Bonchev–Trinajstić information content (AvgIpc) is 3.19. The van der Waals surface area contributed by atoms with Gasteiger partial charge in [-0.25, -0.2) is 9.37 Å². The maximum atomic E-state index is 13.2. The molecule has 7 nitrogen and oxygen atoms in total. The molecule has 3 heterocycles. The van der Waals surface area contributed by atoms with E-state index in [-0.39, 0.29) is 12.4 Å². The number of carbonyl (C=O) groups excluding carboxylic acids is 3. The molecule has 1 N–H and O–H groups in total. The summed E-state index contributed by atoms with van der Waals surface area (Å²) in [5.74, 6) is -1.72. The zero-order valence-electron chi connectivity index (χ0n) is 15.1. The van der Waals surface area contributed by atoms with Crippen LogP contribution in [0.25, 0.3) is 5.65 Å². The van der Waals surface area contributed by atoms with E-state index in [1.54, 1.807) is 40.9 Å². The van der Waals surface area contributed by atoms with E-state index in [0.29, 0.717) is 28.9 Å². The predicted octanol–water partition coefficient (Wildman–Crippen LogP) is 1.82. The molecule has 0 fully saturated rings. The van der Waals surface area contributed by atoms with E-state index in [1.165, 1.54) is 19.2 Å². The molecule has 0 bridgehead atoms. The molecule has 0 saturated carbocycles. The van der Waals surface area contributed by atoms with E-state index in [4.69, 9.17) is 0 Å². The molecule has 4 rings (SSSR count). The first-order valence-electron chi connectivity index (χ1n) is 8.83. The van der Waals surface area contributed by atoms with Gasteiger partial charge in [0.1, 0.15) is 17.5 Å². The molecular formula is C20H17FN4O3. The van der Waals surface area contributed by atoms with Gasteiger partial charge in [-0.05, 0) is 31.2 Å². The molecule has 0 spiro atoms. The lowest BCUT2D eigenvalue weighted by Gasteiger charge is -2.21. The lowest BCUT2D eigenvalue weighted by molar-refractivity contribution is -0.124. The topological polar surface area (TPSA) is 83.8 Å². The Kier molecular flexibility index (Phi) is 4.38. The van der Waals surface area contributed by atoms with Crippen LogP contribution in [0.3, 0.4) is 0 Å². The smallest absolute Gasteiger partial charge is 0.262 e. The maximum absolute atomic E-state index is 13.2. The number of carbonyl (C=O) groups is 3. The quantitative estimate of drug-likeness (QED) is 0.685. The summed E-state index contributed by atoms with van der Waals surface area (Å²) in [6, 6.07) is 8.48. The van der Waals surface area contributed by atoms with Gasteiger partial charge in [-0.3, -0.25) is 19.3 Å². The molecule has 1 aliphatic rings. The van der Waals surface area contributed by atoms with Gasteiger partial charge in [-0.15, -0.1) is 0 Å². The molecule has 0 radical (unpaired) electrons. The van der Waals surface area contributed by atoms with E-state index in [0.717, 1.165) is 4.90 Å². The molecule has 1 atom stereocenters. The first kappa shape index (κ1) is 17.8. The zero-order valence-corrected chi connectivity index (χ0v) is 15.1. The average molecular weight is 380 g/mol. The van der Waals surface area contributed by atoms with Gasteiger partial charge >= 0.3 is 0 Å². The molecule has 142 valence electrons. The van der Waals surface area contributed by atoms with Gasteiger partial charge in [-0.1, -0.05) is 12.1 Å². The number of nitrogens with zero attached hydrogens (tertiary/aromatic N) is 3.